The molecule has 0 spiro atoms. The Bertz CT molecular complexity index is 1250. The van der Waals surface area contributed by atoms with Gasteiger partial charge in [-0.25, -0.2) is 9.97 Å². The quantitative estimate of drug-likeness (QED) is 0.523. The Morgan fingerprint density at radius 2 is 1.84 bits per heavy atom. The fourth-order valence-electron chi connectivity index (χ4n) is 4.62. The number of carbonyl (C=O) groups excluding carboxylic acids is 1. The van der Waals surface area contributed by atoms with Gasteiger partial charge in [-0.15, -0.1) is 0 Å². The minimum atomic E-state index is -0.925. The number of β-amino-alcohol motifs (C(OH)–C–C–N with tert-alkyl or cyclic N) is 1. The molecule has 5 rings (SSSR count). The van der Waals surface area contributed by atoms with Crippen LogP contribution in [0.4, 0.5) is 5.82 Å². The highest BCUT2D eigenvalue weighted by molar-refractivity contribution is 5.93. The Balaban J connectivity index is 1.49. The van der Waals surface area contributed by atoms with Gasteiger partial charge in [-0.1, -0.05) is 54.6 Å². The first-order valence-corrected chi connectivity index (χ1v) is 10.7. The Hall–Kier alpha value is -3.71. The molecule has 0 saturated carbocycles. The van der Waals surface area contributed by atoms with Crippen LogP contribution in [0, 0.1) is 0 Å². The second-order valence-electron chi connectivity index (χ2n) is 8.22. The van der Waals surface area contributed by atoms with E-state index in [1.54, 1.807) is 30.2 Å². The van der Waals surface area contributed by atoms with Crippen LogP contribution in [0.3, 0.4) is 0 Å². The molecule has 0 bridgehead atoms. The molecular weight excluding hydrogens is 402 g/mol. The molecule has 4 aromatic rings. The van der Waals surface area contributed by atoms with Crippen molar-refractivity contribution in [3.05, 3.63) is 90.6 Å². The van der Waals surface area contributed by atoms with Crippen molar-refractivity contribution in [1.82, 2.24) is 19.9 Å². The predicted octanol–water partition coefficient (Wildman–Crippen LogP) is 2.86. The summed E-state index contributed by atoms with van der Waals surface area (Å²) in [7, 11) is 1.78. The van der Waals surface area contributed by atoms with Crippen molar-refractivity contribution in [2.24, 2.45) is 7.05 Å². The fourth-order valence-corrected chi connectivity index (χ4v) is 4.62. The summed E-state index contributed by atoms with van der Waals surface area (Å²) in [4.78, 5) is 24.0. The number of rotatable bonds is 4. The number of anilines is 1. The van der Waals surface area contributed by atoms with Crippen molar-refractivity contribution >= 4 is 22.5 Å². The first kappa shape index (κ1) is 20.2. The van der Waals surface area contributed by atoms with Crippen LogP contribution in [-0.2, 0) is 12.6 Å². The van der Waals surface area contributed by atoms with E-state index in [4.69, 9.17) is 0 Å². The van der Waals surface area contributed by atoms with Crippen LogP contribution in [-0.4, -0.2) is 44.7 Å². The lowest BCUT2D eigenvalue weighted by atomic mass is 9.78. The van der Waals surface area contributed by atoms with Crippen LogP contribution in [0.2, 0.25) is 0 Å². The minimum absolute atomic E-state index is 0.308. The number of aromatic nitrogens is 3. The number of aliphatic hydroxyl groups excluding tert-OH is 1. The molecule has 1 saturated heterocycles. The normalized spacial score (nSPS) is 20.9. The number of aliphatic hydroxyl groups is 1. The predicted molar refractivity (Wildman–Crippen MR) is 123 cm³/mol. The molecular formula is C25H25N5O2. The zero-order valence-corrected chi connectivity index (χ0v) is 17.8. The van der Waals surface area contributed by atoms with Crippen LogP contribution in [0.15, 0.2) is 79.3 Å². The molecule has 1 aliphatic heterocycles. The smallest absolute Gasteiger partial charge is 0.288 e. The minimum Gasteiger partial charge on any atom is -0.388 e. The second kappa shape index (κ2) is 8.09. The van der Waals surface area contributed by atoms with Crippen molar-refractivity contribution in [2.45, 2.75) is 18.1 Å². The lowest BCUT2D eigenvalue weighted by Crippen LogP contribution is -2.62. The molecule has 1 fully saturated rings. The van der Waals surface area contributed by atoms with E-state index in [-0.39, 0.29) is 5.91 Å². The molecule has 2 atom stereocenters. The maximum absolute atomic E-state index is 13.1. The number of nitrogens with zero attached hydrogens (tertiary/aromatic N) is 4. The van der Waals surface area contributed by atoms with E-state index in [2.05, 4.69) is 26.3 Å². The number of benzene rings is 2. The van der Waals surface area contributed by atoms with Crippen LogP contribution in [0.1, 0.15) is 22.6 Å². The fraction of sp³-hybridized carbons (Fsp3) is 0.240. The van der Waals surface area contributed by atoms with Gasteiger partial charge in [0.2, 0.25) is 0 Å². The average molecular weight is 428 g/mol. The highest BCUT2D eigenvalue weighted by Gasteiger charge is 2.46. The molecule has 2 aromatic carbocycles. The van der Waals surface area contributed by atoms with E-state index in [1.165, 1.54) is 0 Å². The lowest BCUT2D eigenvalue weighted by molar-refractivity contribution is 0.0359. The van der Waals surface area contributed by atoms with E-state index in [0.717, 1.165) is 22.2 Å². The number of hydrogen-bond acceptors (Lipinski definition) is 5. The molecule has 0 unspecified atom stereocenters. The van der Waals surface area contributed by atoms with Crippen LogP contribution >= 0.6 is 0 Å². The zero-order chi connectivity index (χ0) is 22.1. The highest BCUT2D eigenvalue weighted by atomic mass is 16.3. The van der Waals surface area contributed by atoms with Gasteiger partial charge in [0.05, 0.1) is 11.6 Å². The summed E-state index contributed by atoms with van der Waals surface area (Å²) in [5, 5.41) is 16.8. The third-order valence-corrected chi connectivity index (χ3v) is 6.34. The monoisotopic (exact) mass is 427 g/mol. The van der Waals surface area contributed by atoms with Gasteiger partial charge < -0.3 is 19.9 Å². The molecule has 1 aliphatic rings. The molecule has 2 N–H and O–H groups in total. The number of aryl methyl sites for hydroxylation is 1. The summed E-state index contributed by atoms with van der Waals surface area (Å²) in [5.74, 6) is 0.849. The summed E-state index contributed by atoms with van der Waals surface area (Å²) in [6.07, 6.45) is 4.80. The number of imidazole rings is 1. The number of carbonyl (C=O) groups is 1. The third-order valence-electron chi connectivity index (χ3n) is 6.34. The molecule has 3 heterocycles. The highest BCUT2D eigenvalue weighted by Crippen LogP contribution is 2.36. The SMILES string of the molecule is Cn1ccnc1C(=O)N[C@]1(c2ccccc2)CCN(c2nccc3ccccc23)C[C@H]1O. The lowest BCUT2D eigenvalue weighted by Gasteiger charge is -2.46. The Morgan fingerprint density at radius 3 is 2.59 bits per heavy atom. The molecule has 0 radical (unpaired) electrons. The topological polar surface area (TPSA) is 83.3 Å². The summed E-state index contributed by atoms with van der Waals surface area (Å²) in [5.41, 5.74) is -0.0497. The molecule has 0 aliphatic carbocycles. The van der Waals surface area contributed by atoms with E-state index >= 15 is 0 Å². The summed E-state index contributed by atoms with van der Waals surface area (Å²) in [6, 6.07) is 19.8. The number of amides is 1. The number of pyridine rings is 1. The summed E-state index contributed by atoms with van der Waals surface area (Å²) >= 11 is 0. The number of hydrogen-bond donors (Lipinski definition) is 2. The Morgan fingerprint density at radius 1 is 1.06 bits per heavy atom. The summed E-state index contributed by atoms with van der Waals surface area (Å²) < 4.78 is 1.68. The van der Waals surface area contributed by atoms with Crippen molar-refractivity contribution in [2.75, 3.05) is 18.0 Å². The summed E-state index contributed by atoms with van der Waals surface area (Å²) in [6.45, 7) is 0.977. The van der Waals surface area contributed by atoms with Crippen molar-refractivity contribution in [3.63, 3.8) is 0 Å². The van der Waals surface area contributed by atoms with Gasteiger partial charge >= 0.3 is 0 Å². The van der Waals surface area contributed by atoms with E-state index in [9.17, 15) is 9.90 Å². The van der Waals surface area contributed by atoms with Crippen LogP contribution in [0.25, 0.3) is 10.8 Å². The van der Waals surface area contributed by atoms with Crippen molar-refractivity contribution < 1.29 is 9.90 Å². The van der Waals surface area contributed by atoms with Gasteiger partial charge in [-0.05, 0) is 23.4 Å². The number of fused-ring (bicyclic) bond motifs is 1. The largest absolute Gasteiger partial charge is 0.388 e. The average Bonchev–Trinajstić information content (AvgIpc) is 3.26. The maximum Gasteiger partial charge on any atom is 0.288 e. The van der Waals surface area contributed by atoms with Crippen LogP contribution < -0.4 is 10.2 Å². The van der Waals surface area contributed by atoms with E-state index in [0.29, 0.717) is 25.3 Å². The first-order chi connectivity index (χ1) is 15.6. The Kier molecular flexibility index (Phi) is 5.11. The van der Waals surface area contributed by atoms with E-state index < -0.39 is 11.6 Å². The number of piperidine rings is 1. The van der Waals surface area contributed by atoms with Crippen molar-refractivity contribution in [1.29, 1.82) is 0 Å². The number of nitrogens with one attached hydrogen (secondary N) is 1. The zero-order valence-electron chi connectivity index (χ0n) is 17.8. The molecule has 7 nitrogen and oxygen atoms in total. The molecule has 1 amide bonds. The molecule has 7 heteroatoms. The second-order valence-corrected chi connectivity index (χ2v) is 8.22. The van der Waals surface area contributed by atoms with Gasteiger partial charge in [0, 0.05) is 44.1 Å². The van der Waals surface area contributed by atoms with Crippen molar-refractivity contribution in [3.8, 4) is 0 Å². The van der Waals surface area contributed by atoms with Gasteiger partial charge in [0.25, 0.3) is 5.91 Å². The van der Waals surface area contributed by atoms with Gasteiger partial charge in [0.1, 0.15) is 5.82 Å². The third kappa shape index (κ3) is 3.40. The molecule has 162 valence electrons. The van der Waals surface area contributed by atoms with E-state index in [1.807, 2.05) is 54.6 Å². The maximum atomic E-state index is 13.1. The van der Waals surface area contributed by atoms with Gasteiger partial charge in [0.15, 0.2) is 5.82 Å². The molecule has 2 aromatic heterocycles. The standard InChI is InChI=1S/C25H25N5O2/c1-29-16-14-27-23(29)24(32)28-25(19-8-3-2-4-9-19)12-15-30(17-21(25)31)22-20-10-6-5-7-18(20)11-13-26-22/h2-11,13-14,16,21,31H,12,15,17H2,1H3,(H,28,32)/t21-,25+/m1/s1. The Labute approximate surface area is 186 Å². The first-order valence-electron chi connectivity index (χ1n) is 10.7. The van der Waals surface area contributed by atoms with Gasteiger partial charge in [-0.2, -0.15) is 0 Å². The van der Waals surface area contributed by atoms with Gasteiger partial charge in [-0.3, -0.25) is 4.79 Å². The van der Waals surface area contributed by atoms with Crippen LogP contribution in [0.5, 0.6) is 0 Å². The molecule has 32 heavy (non-hydrogen) atoms.